The highest BCUT2D eigenvalue weighted by atomic mass is 16.5. The number of rotatable bonds is 3. The lowest BCUT2D eigenvalue weighted by molar-refractivity contribution is -0.132. The lowest BCUT2D eigenvalue weighted by Crippen LogP contribution is -2.44. The van der Waals surface area contributed by atoms with Gasteiger partial charge in [-0.2, -0.15) is 0 Å². The summed E-state index contributed by atoms with van der Waals surface area (Å²) in [5, 5.41) is 0. The quantitative estimate of drug-likeness (QED) is 0.840. The standard InChI is InChI=1S/C13H20N4O2/c1-16(2)13(18)9-17-6-7-19-11(8-17)10-4-3-5-12(14)15-10/h3-5,11H,6-9H2,1-2H3,(H2,14,15). The van der Waals surface area contributed by atoms with Crippen LogP contribution in [0, 0.1) is 0 Å². The number of carbonyl (C=O) groups excluding carboxylic acids is 1. The molecule has 1 unspecified atom stereocenters. The van der Waals surface area contributed by atoms with E-state index in [-0.39, 0.29) is 12.0 Å². The number of nitrogens with zero attached hydrogens (tertiary/aromatic N) is 3. The molecule has 1 amide bonds. The normalized spacial score (nSPS) is 20.2. The Morgan fingerprint density at radius 1 is 1.58 bits per heavy atom. The van der Waals surface area contributed by atoms with E-state index >= 15 is 0 Å². The number of likely N-dealkylation sites (N-methyl/N-ethyl adjacent to an activating group) is 1. The Kier molecular flexibility index (Phi) is 4.34. The summed E-state index contributed by atoms with van der Waals surface area (Å²) in [5.41, 5.74) is 6.50. The van der Waals surface area contributed by atoms with Crippen molar-refractivity contribution < 1.29 is 9.53 Å². The van der Waals surface area contributed by atoms with E-state index in [1.807, 2.05) is 12.1 Å². The van der Waals surface area contributed by atoms with Gasteiger partial charge in [0, 0.05) is 27.2 Å². The van der Waals surface area contributed by atoms with Crippen LogP contribution in [-0.4, -0.2) is 61.0 Å². The molecule has 0 spiro atoms. The summed E-state index contributed by atoms with van der Waals surface area (Å²) < 4.78 is 5.71. The molecule has 1 saturated heterocycles. The second kappa shape index (κ2) is 5.99. The number of carbonyl (C=O) groups is 1. The lowest BCUT2D eigenvalue weighted by atomic mass is 10.2. The average Bonchev–Trinajstić information content (AvgIpc) is 2.39. The SMILES string of the molecule is CN(C)C(=O)CN1CCOC(c2cccc(N)n2)C1. The van der Waals surface area contributed by atoms with Crippen molar-refractivity contribution in [1.29, 1.82) is 0 Å². The van der Waals surface area contributed by atoms with Gasteiger partial charge in [-0.25, -0.2) is 4.98 Å². The summed E-state index contributed by atoms with van der Waals surface area (Å²) >= 11 is 0. The molecule has 1 aromatic rings. The first kappa shape index (κ1) is 13.8. The van der Waals surface area contributed by atoms with Crippen LogP contribution in [0.1, 0.15) is 11.8 Å². The van der Waals surface area contributed by atoms with Gasteiger partial charge >= 0.3 is 0 Å². The number of nitrogen functional groups attached to an aromatic ring is 1. The predicted octanol–water partition coefficient (Wildman–Crippen LogP) is 0.125. The van der Waals surface area contributed by atoms with E-state index in [9.17, 15) is 4.79 Å². The van der Waals surface area contributed by atoms with Crippen LogP contribution < -0.4 is 5.73 Å². The van der Waals surface area contributed by atoms with E-state index in [4.69, 9.17) is 10.5 Å². The smallest absolute Gasteiger partial charge is 0.236 e. The molecule has 6 heteroatoms. The Hall–Kier alpha value is -1.66. The Morgan fingerprint density at radius 2 is 2.37 bits per heavy atom. The molecule has 0 saturated carbocycles. The van der Waals surface area contributed by atoms with Gasteiger partial charge in [0.2, 0.25) is 5.91 Å². The van der Waals surface area contributed by atoms with Gasteiger partial charge in [0.25, 0.3) is 0 Å². The molecular weight excluding hydrogens is 244 g/mol. The summed E-state index contributed by atoms with van der Waals surface area (Å²) in [4.78, 5) is 19.7. The van der Waals surface area contributed by atoms with E-state index in [2.05, 4.69) is 9.88 Å². The zero-order chi connectivity index (χ0) is 13.8. The summed E-state index contributed by atoms with van der Waals surface area (Å²) in [6.45, 7) is 2.44. The van der Waals surface area contributed by atoms with Crippen molar-refractivity contribution in [2.45, 2.75) is 6.10 Å². The molecule has 2 heterocycles. The average molecular weight is 264 g/mol. The topological polar surface area (TPSA) is 71.7 Å². The van der Waals surface area contributed by atoms with Crippen LogP contribution in [0.25, 0.3) is 0 Å². The second-order valence-corrected chi connectivity index (χ2v) is 4.87. The highest BCUT2D eigenvalue weighted by molar-refractivity contribution is 5.77. The minimum atomic E-state index is -0.118. The third kappa shape index (κ3) is 3.65. The predicted molar refractivity (Wildman–Crippen MR) is 72.5 cm³/mol. The fraction of sp³-hybridized carbons (Fsp3) is 0.538. The third-order valence-corrected chi connectivity index (χ3v) is 3.13. The highest BCUT2D eigenvalue weighted by Gasteiger charge is 2.24. The molecule has 1 aromatic heterocycles. The van der Waals surface area contributed by atoms with Crippen LogP contribution in [0.3, 0.4) is 0 Å². The maximum Gasteiger partial charge on any atom is 0.236 e. The molecule has 2 rings (SSSR count). The largest absolute Gasteiger partial charge is 0.384 e. The Bertz CT molecular complexity index is 450. The van der Waals surface area contributed by atoms with Gasteiger partial charge in [0.15, 0.2) is 0 Å². The van der Waals surface area contributed by atoms with Gasteiger partial charge in [0.1, 0.15) is 11.9 Å². The van der Waals surface area contributed by atoms with E-state index in [1.165, 1.54) is 0 Å². The number of hydrogen-bond donors (Lipinski definition) is 1. The monoisotopic (exact) mass is 264 g/mol. The van der Waals surface area contributed by atoms with E-state index < -0.39 is 0 Å². The van der Waals surface area contributed by atoms with E-state index in [1.54, 1.807) is 25.1 Å². The first-order valence-electron chi connectivity index (χ1n) is 6.33. The van der Waals surface area contributed by atoms with Crippen molar-refractivity contribution in [3.63, 3.8) is 0 Å². The van der Waals surface area contributed by atoms with Crippen LogP contribution in [0.2, 0.25) is 0 Å². The number of anilines is 1. The Morgan fingerprint density at radius 3 is 3.05 bits per heavy atom. The Balaban J connectivity index is 1.99. The lowest BCUT2D eigenvalue weighted by Gasteiger charge is -2.32. The molecule has 1 fully saturated rings. The van der Waals surface area contributed by atoms with Crippen LogP contribution >= 0.6 is 0 Å². The minimum absolute atomic E-state index is 0.0983. The number of nitrogens with two attached hydrogens (primary N) is 1. The van der Waals surface area contributed by atoms with Gasteiger partial charge in [0.05, 0.1) is 18.8 Å². The number of morpholine rings is 1. The number of amides is 1. The molecule has 2 N–H and O–H groups in total. The van der Waals surface area contributed by atoms with Gasteiger partial charge < -0.3 is 15.4 Å². The third-order valence-electron chi connectivity index (χ3n) is 3.13. The fourth-order valence-electron chi connectivity index (χ4n) is 2.01. The molecule has 6 nitrogen and oxygen atoms in total. The second-order valence-electron chi connectivity index (χ2n) is 4.87. The number of aromatic nitrogens is 1. The number of pyridine rings is 1. The molecule has 0 bridgehead atoms. The van der Waals surface area contributed by atoms with Crippen LogP contribution in [0.15, 0.2) is 18.2 Å². The molecule has 0 aromatic carbocycles. The number of hydrogen-bond acceptors (Lipinski definition) is 5. The van der Waals surface area contributed by atoms with Gasteiger partial charge in [-0.05, 0) is 12.1 Å². The summed E-state index contributed by atoms with van der Waals surface area (Å²) in [6, 6.07) is 5.52. The summed E-state index contributed by atoms with van der Waals surface area (Å²) in [5.74, 6) is 0.587. The van der Waals surface area contributed by atoms with Gasteiger partial charge in [-0.3, -0.25) is 9.69 Å². The van der Waals surface area contributed by atoms with Crippen molar-refractivity contribution in [1.82, 2.24) is 14.8 Å². The molecule has 1 aliphatic rings. The molecule has 19 heavy (non-hydrogen) atoms. The van der Waals surface area contributed by atoms with Gasteiger partial charge in [-0.15, -0.1) is 0 Å². The van der Waals surface area contributed by atoms with Crippen molar-refractivity contribution in [2.24, 2.45) is 0 Å². The van der Waals surface area contributed by atoms with Crippen molar-refractivity contribution in [2.75, 3.05) is 46.1 Å². The Labute approximate surface area is 113 Å². The molecule has 0 radical (unpaired) electrons. The summed E-state index contributed by atoms with van der Waals surface area (Å²) in [7, 11) is 3.53. The first-order valence-corrected chi connectivity index (χ1v) is 6.33. The molecule has 104 valence electrons. The van der Waals surface area contributed by atoms with Gasteiger partial charge in [-0.1, -0.05) is 6.07 Å². The number of ether oxygens (including phenoxy) is 1. The minimum Gasteiger partial charge on any atom is -0.384 e. The van der Waals surface area contributed by atoms with Crippen molar-refractivity contribution in [3.8, 4) is 0 Å². The fourth-order valence-corrected chi connectivity index (χ4v) is 2.01. The van der Waals surface area contributed by atoms with Crippen molar-refractivity contribution in [3.05, 3.63) is 23.9 Å². The van der Waals surface area contributed by atoms with Crippen LogP contribution in [0.5, 0.6) is 0 Å². The molecular formula is C13H20N4O2. The maximum atomic E-state index is 11.7. The van der Waals surface area contributed by atoms with E-state index in [0.29, 0.717) is 25.5 Å². The maximum absolute atomic E-state index is 11.7. The molecule has 1 aliphatic heterocycles. The zero-order valence-corrected chi connectivity index (χ0v) is 11.4. The van der Waals surface area contributed by atoms with E-state index in [0.717, 1.165) is 12.2 Å². The summed E-state index contributed by atoms with van der Waals surface area (Å²) in [6.07, 6.45) is -0.118. The zero-order valence-electron chi connectivity index (χ0n) is 11.4. The molecule has 0 aliphatic carbocycles. The van der Waals surface area contributed by atoms with Crippen LogP contribution in [0.4, 0.5) is 5.82 Å². The highest BCUT2D eigenvalue weighted by Crippen LogP contribution is 2.21. The van der Waals surface area contributed by atoms with Crippen LogP contribution in [-0.2, 0) is 9.53 Å². The van der Waals surface area contributed by atoms with Crippen molar-refractivity contribution >= 4 is 11.7 Å². The first-order chi connectivity index (χ1) is 9.06. The molecule has 1 atom stereocenters.